The Bertz CT molecular complexity index is 1620. The van der Waals surface area contributed by atoms with Crippen LogP contribution in [0.5, 0.6) is 0 Å². The number of rotatable bonds is 5. The van der Waals surface area contributed by atoms with Gasteiger partial charge >= 0.3 is 6.09 Å². The Morgan fingerprint density at radius 2 is 1.93 bits per heavy atom. The number of aliphatic hydroxyl groups is 1. The maximum atomic E-state index is 15.1. The molecule has 2 aromatic heterocycles. The minimum atomic E-state index is -1.30. The normalized spacial score (nSPS) is 25.8. The number of hydrogen-bond donors (Lipinski definition) is 3. The molecular formula is C29H33FN6O6S. The molecule has 0 spiro atoms. The number of thiazole rings is 1. The average molecular weight is 613 g/mol. The third-order valence-corrected chi connectivity index (χ3v) is 7.92. The molecule has 2 aromatic carbocycles. The van der Waals surface area contributed by atoms with Crippen molar-refractivity contribution in [1.82, 2.24) is 30.6 Å². The van der Waals surface area contributed by atoms with E-state index < -0.39 is 54.3 Å². The third-order valence-electron chi connectivity index (χ3n) is 7.00. The fourth-order valence-corrected chi connectivity index (χ4v) is 6.13. The van der Waals surface area contributed by atoms with E-state index in [1.54, 1.807) is 33.8 Å². The SMILES string of the molecule is Cc1nc([C@@H]2OC3COC(c4ccccc4)O[C@@H]3C(NNC(=O)OC(C)(C)C)C2O)n(-c2cc(F)c3nc(C)sc3c2)n1. The van der Waals surface area contributed by atoms with Gasteiger partial charge in [0.1, 0.15) is 41.4 Å². The summed E-state index contributed by atoms with van der Waals surface area (Å²) in [7, 11) is 0. The van der Waals surface area contributed by atoms with Crippen molar-refractivity contribution >= 4 is 27.6 Å². The Morgan fingerprint density at radius 1 is 1.16 bits per heavy atom. The average Bonchev–Trinajstić information content (AvgIpc) is 3.53. The molecule has 2 aliphatic rings. The van der Waals surface area contributed by atoms with Gasteiger partial charge in [-0.15, -0.1) is 11.3 Å². The van der Waals surface area contributed by atoms with E-state index in [1.165, 1.54) is 22.1 Å². The summed E-state index contributed by atoms with van der Waals surface area (Å²) >= 11 is 1.36. The summed E-state index contributed by atoms with van der Waals surface area (Å²) in [6.07, 6.45) is -5.21. The van der Waals surface area contributed by atoms with Crippen molar-refractivity contribution in [2.45, 2.75) is 77.0 Å². The minimum absolute atomic E-state index is 0.131. The number of hydrazine groups is 1. The van der Waals surface area contributed by atoms with Crippen molar-refractivity contribution in [3.05, 3.63) is 70.5 Å². The van der Waals surface area contributed by atoms with Crippen LogP contribution in [0.2, 0.25) is 0 Å². The highest BCUT2D eigenvalue weighted by molar-refractivity contribution is 7.18. The second kappa shape index (κ2) is 11.5. The lowest BCUT2D eigenvalue weighted by Crippen LogP contribution is -2.66. The van der Waals surface area contributed by atoms with Gasteiger partial charge in [-0.25, -0.2) is 29.3 Å². The molecule has 0 saturated carbocycles. The molecule has 0 aliphatic carbocycles. The highest BCUT2D eigenvalue weighted by Gasteiger charge is 2.51. The summed E-state index contributed by atoms with van der Waals surface area (Å²) in [6.45, 7) is 8.88. The fraction of sp³-hybridized carbons (Fsp3) is 0.448. The van der Waals surface area contributed by atoms with Crippen molar-refractivity contribution in [3.8, 4) is 5.69 Å². The number of carbonyl (C=O) groups is 1. The summed E-state index contributed by atoms with van der Waals surface area (Å²) in [6, 6.07) is 11.6. The molecule has 0 radical (unpaired) electrons. The molecule has 0 bridgehead atoms. The zero-order valence-corrected chi connectivity index (χ0v) is 25.1. The van der Waals surface area contributed by atoms with Crippen LogP contribution in [0.4, 0.5) is 9.18 Å². The Morgan fingerprint density at radius 3 is 2.67 bits per heavy atom. The number of hydrogen-bond acceptors (Lipinski definition) is 11. The predicted molar refractivity (Wildman–Crippen MR) is 154 cm³/mol. The molecule has 6 rings (SSSR count). The quantitative estimate of drug-likeness (QED) is 0.284. The number of ether oxygens (including phenoxy) is 4. The van der Waals surface area contributed by atoms with Crippen LogP contribution in [0.1, 0.15) is 55.4 Å². The summed E-state index contributed by atoms with van der Waals surface area (Å²) in [5.74, 6) is 0.145. The highest BCUT2D eigenvalue weighted by atomic mass is 32.1. The monoisotopic (exact) mass is 612 g/mol. The number of nitrogens with one attached hydrogen (secondary N) is 2. The van der Waals surface area contributed by atoms with E-state index in [-0.39, 0.29) is 17.9 Å². The smallest absolute Gasteiger partial charge is 0.422 e. The molecule has 2 saturated heterocycles. The Hall–Kier alpha value is -3.53. The van der Waals surface area contributed by atoms with Gasteiger partial charge in [-0.1, -0.05) is 30.3 Å². The van der Waals surface area contributed by atoms with E-state index in [1.807, 2.05) is 37.3 Å². The van der Waals surface area contributed by atoms with Crippen LogP contribution in [0.15, 0.2) is 42.5 Å². The molecule has 4 aromatic rings. The van der Waals surface area contributed by atoms with Gasteiger partial charge in [-0.3, -0.25) is 5.43 Å². The second-order valence-electron chi connectivity index (χ2n) is 11.5. The lowest BCUT2D eigenvalue weighted by atomic mass is 9.91. The Balaban J connectivity index is 1.33. The molecule has 12 nitrogen and oxygen atoms in total. The number of carbonyl (C=O) groups excluding carboxylic acids is 1. The first kappa shape index (κ1) is 29.5. The van der Waals surface area contributed by atoms with E-state index in [0.29, 0.717) is 16.2 Å². The standard InChI is InChI=1S/C29H33FN6O6S/c1-14-31-26(36(35-14)17-11-18(30)21-20(12-17)43-15(2)32-21)25-23(37)22(33-34-28(38)42-29(3,4)5)24-19(40-25)13-39-27(41-24)16-9-7-6-8-10-16/h6-12,19,22-25,27,33,37H,13H2,1-5H3,(H,34,38)/t19?,22?,23?,24-,25+,27?/m0/s1. The summed E-state index contributed by atoms with van der Waals surface area (Å²) < 4.78 is 41.2. The van der Waals surface area contributed by atoms with E-state index in [0.717, 1.165) is 10.6 Å². The molecule has 6 atom stereocenters. The first-order chi connectivity index (χ1) is 20.5. The number of nitrogens with zero attached hydrogens (tertiary/aromatic N) is 4. The lowest BCUT2D eigenvalue weighted by Gasteiger charge is -2.48. The van der Waals surface area contributed by atoms with Crippen LogP contribution >= 0.6 is 11.3 Å². The first-order valence-electron chi connectivity index (χ1n) is 13.9. The van der Waals surface area contributed by atoms with E-state index in [9.17, 15) is 9.90 Å². The number of aliphatic hydroxyl groups excluding tert-OH is 1. The van der Waals surface area contributed by atoms with Crippen LogP contribution in [0.3, 0.4) is 0 Å². The number of halogens is 1. The van der Waals surface area contributed by atoms with Gasteiger partial charge in [-0.2, -0.15) is 5.10 Å². The molecule has 1 amide bonds. The van der Waals surface area contributed by atoms with Crippen molar-refractivity contribution < 1.29 is 33.2 Å². The van der Waals surface area contributed by atoms with Gasteiger partial charge in [0, 0.05) is 11.6 Å². The van der Waals surface area contributed by atoms with Gasteiger partial charge < -0.3 is 24.1 Å². The lowest BCUT2D eigenvalue weighted by molar-refractivity contribution is -0.313. The van der Waals surface area contributed by atoms with Crippen molar-refractivity contribution in [2.75, 3.05) is 6.61 Å². The van der Waals surface area contributed by atoms with Crippen LogP contribution in [-0.2, 0) is 18.9 Å². The molecule has 4 unspecified atom stereocenters. The molecular weight excluding hydrogens is 579 g/mol. The molecule has 14 heteroatoms. The van der Waals surface area contributed by atoms with E-state index >= 15 is 4.39 Å². The summed E-state index contributed by atoms with van der Waals surface area (Å²) in [5, 5.41) is 17.0. The predicted octanol–water partition coefficient (Wildman–Crippen LogP) is 3.95. The zero-order chi connectivity index (χ0) is 30.5. The van der Waals surface area contributed by atoms with E-state index in [4.69, 9.17) is 18.9 Å². The minimum Gasteiger partial charge on any atom is -0.443 e. The maximum Gasteiger partial charge on any atom is 0.422 e. The second-order valence-corrected chi connectivity index (χ2v) is 12.7. The van der Waals surface area contributed by atoms with Gasteiger partial charge in [-0.05, 0) is 40.7 Å². The topological polar surface area (TPSA) is 142 Å². The van der Waals surface area contributed by atoms with Crippen LogP contribution < -0.4 is 10.9 Å². The molecule has 228 valence electrons. The number of fused-ring (bicyclic) bond motifs is 2. The Labute approximate surface area is 251 Å². The van der Waals surface area contributed by atoms with Crippen molar-refractivity contribution in [3.63, 3.8) is 0 Å². The molecule has 2 fully saturated rings. The number of benzene rings is 2. The van der Waals surface area contributed by atoms with Gasteiger partial charge in [0.05, 0.1) is 28.0 Å². The molecule has 3 N–H and O–H groups in total. The van der Waals surface area contributed by atoms with Crippen molar-refractivity contribution in [2.24, 2.45) is 0 Å². The summed E-state index contributed by atoms with van der Waals surface area (Å²) in [4.78, 5) is 21.4. The fourth-order valence-electron chi connectivity index (χ4n) is 5.26. The number of amides is 1. The van der Waals surface area contributed by atoms with Gasteiger partial charge in [0.25, 0.3) is 0 Å². The molecule has 4 heterocycles. The van der Waals surface area contributed by atoms with Gasteiger partial charge in [0.15, 0.2) is 17.9 Å². The number of aromatic nitrogens is 4. The highest BCUT2D eigenvalue weighted by Crippen LogP contribution is 2.39. The van der Waals surface area contributed by atoms with Crippen LogP contribution in [0, 0.1) is 19.7 Å². The zero-order valence-electron chi connectivity index (χ0n) is 24.3. The molecule has 43 heavy (non-hydrogen) atoms. The van der Waals surface area contributed by atoms with Crippen molar-refractivity contribution in [1.29, 1.82) is 0 Å². The largest absolute Gasteiger partial charge is 0.443 e. The van der Waals surface area contributed by atoms with Crippen LogP contribution in [0.25, 0.3) is 15.9 Å². The van der Waals surface area contributed by atoms with Gasteiger partial charge in [0.2, 0.25) is 0 Å². The third kappa shape index (κ3) is 6.12. The maximum absolute atomic E-state index is 15.1. The molecule has 2 aliphatic heterocycles. The van der Waals surface area contributed by atoms with E-state index in [2.05, 4.69) is 25.9 Å². The number of aryl methyl sites for hydroxylation is 2. The first-order valence-corrected chi connectivity index (χ1v) is 14.7. The van der Waals surface area contributed by atoms with Crippen LogP contribution in [-0.4, -0.2) is 67.5 Å². The Kier molecular flexibility index (Phi) is 7.91. The summed E-state index contributed by atoms with van der Waals surface area (Å²) in [5.41, 5.74) is 6.18.